The molecule has 1 aliphatic heterocycles. The van der Waals surface area contributed by atoms with E-state index in [0.717, 1.165) is 48.7 Å². The molecule has 1 saturated heterocycles. The second-order valence-corrected chi connectivity index (χ2v) is 8.48. The predicted molar refractivity (Wildman–Crippen MR) is 127 cm³/mol. The molecule has 1 N–H and O–H groups in total. The van der Waals surface area contributed by atoms with Crippen LogP contribution in [0.4, 0.5) is 0 Å². The van der Waals surface area contributed by atoms with Gasteiger partial charge in [0, 0.05) is 31.9 Å². The Morgan fingerprint density at radius 3 is 2.41 bits per heavy atom. The van der Waals surface area contributed by atoms with Gasteiger partial charge < -0.3 is 19.3 Å². The van der Waals surface area contributed by atoms with Crippen molar-refractivity contribution < 1.29 is 9.84 Å². The van der Waals surface area contributed by atoms with Crippen LogP contribution < -0.4 is 10.3 Å². The van der Waals surface area contributed by atoms with E-state index in [1.165, 1.54) is 0 Å². The molecule has 0 unspecified atom stereocenters. The predicted octanol–water partition coefficient (Wildman–Crippen LogP) is 3.26. The quantitative estimate of drug-likeness (QED) is 0.647. The lowest BCUT2D eigenvalue weighted by atomic mass is 9.95. The van der Waals surface area contributed by atoms with E-state index in [1.807, 2.05) is 61.5 Å². The van der Waals surface area contributed by atoms with Crippen molar-refractivity contribution >= 4 is 0 Å². The highest BCUT2D eigenvalue weighted by Gasteiger charge is 2.31. The van der Waals surface area contributed by atoms with Crippen LogP contribution in [0.15, 0.2) is 65.5 Å². The maximum Gasteiger partial charge on any atom is 0.259 e. The Morgan fingerprint density at radius 1 is 1.00 bits per heavy atom. The minimum atomic E-state index is -0.353. The monoisotopic (exact) mass is 433 g/mol. The Kier molecular flexibility index (Phi) is 6.63. The average Bonchev–Trinajstić information content (AvgIpc) is 2.81. The summed E-state index contributed by atoms with van der Waals surface area (Å²) in [5, 5.41) is 11.0. The van der Waals surface area contributed by atoms with Crippen LogP contribution >= 0.6 is 0 Å². The first kappa shape index (κ1) is 22.1. The van der Waals surface area contributed by atoms with Crippen molar-refractivity contribution in [3.63, 3.8) is 0 Å². The normalized spacial score (nSPS) is 16.1. The number of benzene rings is 2. The van der Waals surface area contributed by atoms with Crippen LogP contribution in [0.5, 0.6) is 11.5 Å². The van der Waals surface area contributed by atoms with Gasteiger partial charge in [0.15, 0.2) is 0 Å². The first-order valence-electron chi connectivity index (χ1n) is 11.0. The van der Waals surface area contributed by atoms with Crippen LogP contribution in [0.3, 0.4) is 0 Å². The highest BCUT2D eigenvalue weighted by Crippen LogP contribution is 2.34. The molecule has 4 rings (SSSR count). The molecule has 3 aromatic rings. The molecule has 0 amide bonds. The molecule has 0 bridgehead atoms. The number of nitrogens with zero attached hydrogens (tertiary/aromatic N) is 3. The summed E-state index contributed by atoms with van der Waals surface area (Å²) in [6.07, 6.45) is 0. The molecule has 168 valence electrons. The molecule has 2 aromatic carbocycles. The van der Waals surface area contributed by atoms with Gasteiger partial charge in [0.1, 0.15) is 11.5 Å². The number of rotatable bonds is 6. The third-order valence-corrected chi connectivity index (χ3v) is 6.29. The number of methoxy groups -OCH3 is 1. The number of hydrogen-bond acceptors (Lipinski definition) is 5. The third kappa shape index (κ3) is 4.56. The summed E-state index contributed by atoms with van der Waals surface area (Å²) in [5.74, 6) is 0.779. The van der Waals surface area contributed by atoms with Crippen LogP contribution in [0, 0.1) is 6.92 Å². The fourth-order valence-electron chi connectivity index (χ4n) is 4.44. The maximum atomic E-state index is 13.8. The molecular formula is C26H31N3O3. The molecule has 0 radical (unpaired) electrons. The van der Waals surface area contributed by atoms with E-state index in [9.17, 15) is 9.90 Å². The van der Waals surface area contributed by atoms with Crippen LogP contribution in [0.1, 0.15) is 28.4 Å². The summed E-state index contributed by atoms with van der Waals surface area (Å²) in [6, 6.07) is 19.1. The number of hydrogen-bond donors (Lipinski definition) is 1. The van der Waals surface area contributed by atoms with E-state index in [0.29, 0.717) is 12.1 Å². The molecule has 0 spiro atoms. The molecule has 6 heteroatoms. The summed E-state index contributed by atoms with van der Waals surface area (Å²) < 4.78 is 7.21. The standard InChI is InChI=1S/C26H31N3O3/c1-19-16-23(30)24(26(31)29(19)18-20-8-5-4-6-9-20)25(28-14-12-27(2)13-15-28)21-10-7-11-22(17-21)32-3/h4-11,16-17,25,30H,12-15,18H2,1-3H3/t25-/m1/s1. The van der Waals surface area contributed by atoms with Gasteiger partial charge in [0.2, 0.25) is 0 Å². The molecular weight excluding hydrogens is 402 g/mol. The van der Waals surface area contributed by atoms with Gasteiger partial charge in [-0.2, -0.15) is 0 Å². The summed E-state index contributed by atoms with van der Waals surface area (Å²) in [7, 11) is 3.74. The van der Waals surface area contributed by atoms with E-state index in [-0.39, 0.29) is 17.4 Å². The van der Waals surface area contributed by atoms with Crippen LogP contribution in [0.25, 0.3) is 0 Å². The fraction of sp³-hybridized carbons (Fsp3) is 0.346. The number of likely N-dealkylation sites (N-methyl/N-ethyl adjacent to an activating group) is 1. The Bertz CT molecular complexity index is 1120. The minimum Gasteiger partial charge on any atom is -0.507 e. The minimum absolute atomic E-state index is 0.0450. The largest absolute Gasteiger partial charge is 0.507 e. The molecule has 2 heterocycles. The number of piperazine rings is 1. The van der Waals surface area contributed by atoms with Gasteiger partial charge in [0.25, 0.3) is 5.56 Å². The van der Waals surface area contributed by atoms with Crippen LogP contribution in [0.2, 0.25) is 0 Å². The number of pyridine rings is 1. The third-order valence-electron chi connectivity index (χ3n) is 6.29. The van der Waals surface area contributed by atoms with Crippen molar-refractivity contribution in [2.45, 2.75) is 19.5 Å². The number of aryl methyl sites for hydroxylation is 1. The molecule has 0 aliphatic carbocycles. The van der Waals surface area contributed by atoms with Gasteiger partial charge in [-0.1, -0.05) is 42.5 Å². The number of aromatic hydroxyl groups is 1. The van der Waals surface area contributed by atoms with Crippen LogP contribution in [-0.2, 0) is 6.54 Å². The molecule has 1 fully saturated rings. The summed E-state index contributed by atoms with van der Waals surface area (Å²) >= 11 is 0. The lowest BCUT2D eigenvalue weighted by Gasteiger charge is -2.38. The van der Waals surface area contributed by atoms with Gasteiger partial charge >= 0.3 is 0 Å². The molecule has 1 aromatic heterocycles. The van der Waals surface area contributed by atoms with Crippen molar-refractivity contribution in [1.29, 1.82) is 0 Å². The first-order chi connectivity index (χ1) is 15.5. The van der Waals surface area contributed by atoms with E-state index in [1.54, 1.807) is 17.7 Å². The van der Waals surface area contributed by atoms with Crippen molar-refractivity contribution in [3.8, 4) is 11.5 Å². The smallest absolute Gasteiger partial charge is 0.259 e. The van der Waals surface area contributed by atoms with Crippen molar-refractivity contribution in [2.75, 3.05) is 40.3 Å². The van der Waals surface area contributed by atoms with Gasteiger partial charge in [-0.15, -0.1) is 0 Å². The zero-order valence-corrected chi connectivity index (χ0v) is 19.0. The highest BCUT2D eigenvalue weighted by atomic mass is 16.5. The lowest BCUT2D eigenvalue weighted by Crippen LogP contribution is -2.47. The van der Waals surface area contributed by atoms with E-state index in [2.05, 4.69) is 16.8 Å². The van der Waals surface area contributed by atoms with E-state index in [4.69, 9.17) is 4.74 Å². The van der Waals surface area contributed by atoms with Gasteiger partial charge in [0.05, 0.1) is 25.3 Å². The highest BCUT2D eigenvalue weighted by molar-refractivity contribution is 5.43. The Labute approximate surface area is 189 Å². The Balaban J connectivity index is 1.84. The summed E-state index contributed by atoms with van der Waals surface area (Å²) in [4.78, 5) is 18.4. The van der Waals surface area contributed by atoms with Gasteiger partial charge in [-0.25, -0.2) is 0 Å². The second kappa shape index (κ2) is 9.59. The number of aromatic nitrogens is 1. The number of ether oxygens (including phenoxy) is 1. The molecule has 6 nitrogen and oxygen atoms in total. The van der Waals surface area contributed by atoms with Gasteiger partial charge in [-0.3, -0.25) is 9.69 Å². The topological polar surface area (TPSA) is 57.9 Å². The first-order valence-corrected chi connectivity index (χ1v) is 11.0. The SMILES string of the molecule is COc1cccc([C@H](c2c(O)cc(C)n(Cc3ccccc3)c2=O)N2CCN(C)CC2)c1. The van der Waals surface area contributed by atoms with Crippen molar-refractivity contribution in [1.82, 2.24) is 14.4 Å². The molecule has 1 aliphatic rings. The molecule has 1 atom stereocenters. The van der Waals surface area contributed by atoms with E-state index >= 15 is 0 Å². The van der Waals surface area contributed by atoms with E-state index < -0.39 is 0 Å². The summed E-state index contributed by atoms with van der Waals surface area (Å²) in [5.41, 5.74) is 2.99. The Hall–Kier alpha value is -3.09. The Morgan fingerprint density at radius 2 is 1.72 bits per heavy atom. The zero-order valence-electron chi connectivity index (χ0n) is 19.0. The lowest BCUT2D eigenvalue weighted by molar-refractivity contribution is 0.125. The molecule has 0 saturated carbocycles. The summed E-state index contributed by atoms with van der Waals surface area (Å²) in [6.45, 7) is 5.76. The molecule has 32 heavy (non-hydrogen) atoms. The van der Waals surface area contributed by atoms with Crippen molar-refractivity contribution in [2.24, 2.45) is 0 Å². The maximum absolute atomic E-state index is 13.8. The van der Waals surface area contributed by atoms with Gasteiger partial charge in [-0.05, 0) is 43.3 Å². The van der Waals surface area contributed by atoms with Crippen LogP contribution in [-0.4, -0.2) is 59.8 Å². The van der Waals surface area contributed by atoms with Crippen molar-refractivity contribution in [3.05, 3.63) is 93.4 Å². The average molecular weight is 434 g/mol. The zero-order chi connectivity index (χ0) is 22.7. The second-order valence-electron chi connectivity index (χ2n) is 8.48. The fourth-order valence-corrected chi connectivity index (χ4v) is 4.44.